The molecule has 1 amide bonds. The van der Waals surface area contributed by atoms with Crippen LogP contribution in [0.3, 0.4) is 0 Å². The van der Waals surface area contributed by atoms with E-state index in [-0.39, 0.29) is 18.4 Å². The van der Waals surface area contributed by atoms with Crippen molar-refractivity contribution in [3.05, 3.63) is 70.4 Å². The molecule has 144 valence electrons. The Balaban J connectivity index is 1.59. The Morgan fingerprint density at radius 3 is 2.79 bits per heavy atom. The van der Waals surface area contributed by atoms with Gasteiger partial charge in [-0.1, -0.05) is 35.9 Å². The summed E-state index contributed by atoms with van der Waals surface area (Å²) in [7, 11) is 0. The molecule has 2 aromatic carbocycles. The molecule has 0 fully saturated rings. The number of halogens is 1. The van der Waals surface area contributed by atoms with Crippen molar-refractivity contribution in [1.82, 2.24) is 10.3 Å². The molecule has 0 saturated heterocycles. The molecule has 0 radical (unpaired) electrons. The molecule has 0 saturated carbocycles. The van der Waals surface area contributed by atoms with E-state index in [4.69, 9.17) is 11.6 Å². The topological polar surface area (TPSA) is 102 Å². The van der Waals surface area contributed by atoms with Crippen molar-refractivity contribution >= 4 is 34.4 Å². The molecule has 1 heterocycles. The number of carboxylic acid groups (broad SMARTS) is 1. The first kappa shape index (κ1) is 18.5. The maximum Gasteiger partial charge on any atom is 0.306 e. The second-order valence-corrected chi connectivity index (χ2v) is 7.69. The number of hydrogen-bond donors (Lipinski definition) is 4. The van der Waals surface area contributed by atoms with Gasteiger partial charge in [-0.05, 0) is 41.8 Å². The van der Waals surface area contributed by atoms with Gasteiger partial charge in [-0.2, -0.15) is 0 Å². The highest BCUT2D eigenvalue weighted by Crippen LogP contribution is 2.38. The number of fused-ring (bicyclic) bond motifs is 2. The summed E-state index contributed by atoms with van der Waals surface area (Å²) in [6, 6.07) is 13.9. The number of rotatable bonds is 4. The molecule has 0 bridgehead atoms. The summed E-state index contributed by atoms with van der Waals surface area (Å²) in [4.78, 5) is 27.1. The van der Waals surface area contributed by atoms with Crippen molar-refractivity contribution in [2.75, 3.05) is 0 Å². The Morgan fingerprint density at radius 1 is 1.21 bits per heavy atom. The largest absolute Gasteiger partial charge is 0.481 e. The van der Waals surface area contributed by atoms with Crippen LogP contribution in [0.5, 0.6) is 0 Å². The number of aromatic amines is 1. The van der Waals surface area contributed by atoms with Gasteiger partial charge in [0.05, 0.1) is 6.42 Å². The van der Waals surface area contributed by atoms with Crippen LogP contribution in [0, 0.1) is 0 Å². The molecule has 0 aliphatic heterocycles. The molecule has 1 aliphatic rings. The van der Waals surface area contributed by atoms with E-state index in [0.29, 0.717) is 22.7 Å². The standard InChI is InChI=1S/C21H19ClN2O4/c22-14-5-6-17-13(7-14)9-18(24-17)20(27)23-15-8-12-3-1-2-4-16(12)21(28,10-15)11-19(25)26/h1-7,9,15,24,28H,8,10-11H2,(H,23,27)(H,25,26)/t15-,21+/m1/s1. The Kier molecular flexibility index (Phi) is 4.61. The highest BCUT2D eigenvalue weighted by atomic mass is 35.5. The van der Waals surface area contributed by atoms with Gasteiger partial charge in [0, 0.05) is 28.4 Å². The number of nitrogens with one attached hydrogen (secondary N) is 2. The van der Waals surface area contributed by atoms with Crippen LogP contribution in [0.2, 0.25) is 5.02 Å². The van der Waals surface area contributed by atoms with E-state index in [1.165, 1.54) is 0 Å². The third-order valence-electron chi connectivity index (χ3n) is 5.18. The minimum Gasteiger partial charge on any atom is -0.481 e. The molecule has 6 nitrogen and oxygen atoms in total. The molecule has 4 rings (SSSR count). The smallest absolute Gasteiger partial charge is 0.306 e. The van der Waals surface area contributed by atoms with E-state index in [1.54, 1.807) is 36.4 Å². The summed E-state index contributed by atoms with van der Waals surface area (Å²) in [6.07, 6.45) is 0.241. The lowest BCUT2D eigenvalue weighted by molar-refractivity contribution is -0.143. The minimum absolute atomic E-state index is 0.133. The van der Waals surface area contributed by atoms with Crippen molar-refractivity contribution < 1.29 is 19.8 Å². The summed E-state index contributed by atoms with van der Waals surface area (Å²) >= 11 is 5.99. The van der Waals surface area contributed by atoms with E-state index in [9.17, 15) is 19.8 Å². The molecule has 4 N–H and O–H groups in total. The van der Waals surface area contributed by atoms with E-state index in [1.807, 2.05) is 12.1 Å². The highest BCUT2D eigenvalue weighted by molar-refractivity contribution is 6.31. The van der Waals surface area contributed by atoms with E-state index >= 15 is 0 Å². The van der Waals surface area contributed by atoms with Crippen molar-refractivity contribution in [2.24, 2.45) is 0 Å². The highest BCUT2D eigenvalue weighted by Gasteiger charge is 2.40. The summed E-state index contributed by atoms with van der Waals surface area (Å²) in [5.74, 6) is -1.40. The second kappa shape index (κ2) is 6.96. The predicted molar refractivity (Wildman–Crippen MR) is 105 cm³/mol. The Labute approximate surface area is 166 Å². The Morgan fingerprint density at radius 2 is 2.00 bits per heavy atom. The van der Waals surface area contributed by atoms with Crippen LogP contribution < -0.4 is 5.32 Å². The van der Waals surface area contributed by atoms with Crippen LogP contribution in [-0.2, 0) is 16.8 Å². The number of carboxylic acids is 1. The van der Waals surface area contributed by atoms with Crippen molar-refractivity contribution in [3.8, 4) is 0 Å². The zero-order valence-corrected chi connectivity index (χ0v) is 15.7. The number of hydrogen-bond acceptors (Lipinski definition) is 3. The number of aromatic nitrogens is 1. The number of H-pyrrole nitrogens is 1. The fourth-order valence-electron chi connectivity index (χ4n) is 4.02. The number of aliphatic hydroxyl groups is 1. The lowest BCUT2D eigenvalue weighted by atomic mass is 9.75. The van der Waals surface area contributed by atoms with E-state index in [0.717, 1.165) is 16.5 Å². The van der Waals surface area contributed by atoms with E-state index in [2.05, 4.69) is 10.3 Å². The van der Waals surface area contributed by atoms with Crippen LogP contribution in [0.4, 0.5) is 0 Å². The lowest BCUT2D eigenvalue weighted by Crippen LogP contribution is -2.47. The van der Waals surface area contributed by atoms with Crippen LogP contribution in [0.15, 0.2) is 48.5 Å². The van der Waals surface area contributed by atoms with Crippen LogP contribution in [-0.4, -0.2) is 33.1 Å². The molecule has 7 heteroatoms. The summed E-state index contributed by atoms with van der Waals surface area (Å²) in [5, 5.41) is 24.6. The first-order chi connectivity index (χ1) is 13.3. The number of aliphatic carboxylic acids is 1. The fourth-order valence-corrected chi connectivity index (χ4v) is 4.20. The van der Waals surface area contributed by atoms with Gasteiger partial charge in [-0.25, -0.2) is 0 Å². The molecular formula is C21H19ClN2O4. The maximum absolute atomic E-state index is 12.7. The molecule has 1 aromatic heterocycles. The normalized spacial score (nSPS) is 21.3. The average molecular weight is 399 g/mol. The van der Waals surface area contributed by atoms with E-state index < -0.39 is 18.0 Å². The molecule has 2 atom stereocenters. The molecule has 0 unspecified atom stereocenters. The molecule has 28 heavy (non-hydrogen) atoms. The van der Waals surface area contributed by atoms with Gasteiger partial charge < -0.3 is 20.5 Å². The Bertz CT molecular complexity index is 1080. The summed E-state index contributed by atoms with van der Waals surface area (Å²) in [6.45, 7) is 0. The molecule has 0 spiro atoms. The van der Waals surface area contributed by atoms with Crippen molar-refractivity contribution in [2.45, 2.75) is 30.9 Å². The zero-order chi connectivity index (χ0) is 19.9. The predicted octanol–water partition coefficient (Wildman–Crippen LogP) is 3.23. The summed E-state index contributed by atoms with van der Waals surface area (Å²) < 4.78 is 0. The summed E-state index contributed by atoms with van der Waals surface area (Å²) in [5.41, 5.74) is 1.12. The molecule has 1 aliphatic carbocycles. The third kappa shape index (κ3) is 3.48. The van der Waals surface area contributed by atoms with Gasteiger partial charge in [0.2, 0.25) is 0 Å². The molecular weight excluding hydrogens is 380 g/mol. The van der Waals surface area contributed by atoms with Gasteiger partial charge in [-0.15, -0.1) is 0 Å². The maximum atomic E-state index is 12.7. The number of amides is 1. The quantitative estimate of drug-likeness (QED) is 0.541. The third-order valence-corrected chi connectivity index (χ3v) is 5.41. The van der Waals surface area contributed by atoms with Gasteiger partial charge >= 0.3 is 5.97 Å². The first-order valence-corrected chi connectivity index (χ1v) is 9.33. The Hall–Kier alpha value is -2.83. The number of carbonyl (C=O) groups excluding carboxylic acids is 1. The lowest BCUT2D eigenvalue weighted by Gasteiger charge is -2.38. The second-order valence-electron chi connectivity index (χ2n) is 7.25. The van der Waals surface area contributed by atoms with Crippen LogP contribution in [0.25, 0.3) is 10.9 Å². The van der Waals surface area contributed by atoms with Gasteiger partial charge in [0.15, 0.2) is 0 Å². The monoisotopic (exact) mass is 398 g/mol. The zero-order valence-electron chi connectivity index (χ0n) is 14.9. The van der Waals surface area contributed by atoms with Crippen LogP contribution in [0.1, 0.15) is 34.5 Å². The average Bonchev–Trinajstić information content (AvgIpc) is 3.04. The minimum atomic E-state index is -1.52. The SMILES string of the molecule is O=C(O)C[C@@]1(O)C[C@H](NC(=O)c2cc3cc(Cl)ccc3[nH]2)Cc2ccccc21. The van der Waals surface area contributed by atoms with Crippen molar-refractivity contribution in [1.29, 1.82) is 0 Å². The van der Waals surface area contributed by atoms with Gasteiger partial charge in [0.1, 0.15) is 11.3 Å². The first-order valence-electron chi connectivity index (χ1n) is 8.96. The number of carbonyl (C=O) groups is 2. The fraction of sp³-hybridized carbons (Fsp3) is 0.238. The van der Waals surface area contributed by atoms with Gasteiger partial charge in [0.25, 0.3) is 5.91 Å². The van der Waals surface area contributed by atoms with Crippen molar-refractivity contribution in [3.63, 3.8) is 0 Å². The van der Waals surface area contributed by atoms with Gasteiger partial charge in [-0.3, -0.25) is 9.59 Å². The number of benzene rings is 2. The molecule has 3 aromatic rings. The van der Waals surface area contributed by atoms with Crippen LogP contribution >= 0.6 is 11.6 Å².